The molecular weight excluding hydrogens is 450 g/mol. The number of anilines is 1. The minimum absolute atomic E-state index is 0.0389. The molecular formula is C25H27N5O3S. The number of nitrogens with one attached hydrogen (secondary N) is 1. The first-order chi connectivity index (χ1) is 16.4. The molecule has 0 fully saturated rings. The van der Waals surface area contributed by atoms with Crippen LogP contribution in [0.1, 0.15) is 57.9 Å². The van der Waals surface area contributed by atoms with Crippen molar-refractivity contribution in [2.45, 2.75) is 45.4 Å². The molecule has 176 valence electrons. The zero-order chi connectivity index (χ0) is 24.5. The van der Waals surface area contributed by atoms with Gasteiger partial charge in [-0.3, -0.25) is 14.4 Å². The van der Waals surface area contributed by atoms with Gasteiger partial charge in [0.1, 0.15) is 23.2 Å². The fourth-order valence-corrected chi connectivity index (χ4v) is 4.29. The molecule has 8 nitrogen and oxygen atoms in total. The van der Waals surface area contributed by atoms with E-state index in [0.29, 0.717) is 41.3 Å². The minimum atomic E-state index is -0.219. The summed E-state index contributed by atoms with van der Waals surface area (Å²) in [6.07, 6.45) is 1.57. The SMILES string of the molecule is Cc1ccc(C(=O)CCC(=O)CCC(=O)NCCCc2nn(-c3ccccc3)c(N)c2C#N)s1. The molecule has 9 heteroatoms. The zero-order valence-electron chi connectivity index (χ0n) is 19.0. The molecule has 3 aromatic rings. The van der Waals surface area contributed by atoms with E-state index in [1.54, 1.807) is 10.7 Å². The Labute approximate surface area is 202 Å². The van der Waals surface area contributed by atoms with Gasteiger partial charge in [0.25, 0.3) is 0 Å². The molecule has 0 radical (unpaired) electrons. The van der Waals surface area contributed by atoms with Crippen LogP contribution in [0.15, 0.2) is 42.5 Å². The second-order valence-electron chi connectivity index (χ2n) is 7.89. The number of nitrogens with zero attached hydrogens (tertiary/aromatic N) is 3. The third-order valence-corrected chi connectivity index (χ3v) is 6.34. The van der Waals surface area contributed by atoms with Gasteiger partial charge in [-0.1, -0.05) is 18.2 Å². The number of nitriles is 1. The molecule has 1 amide bonds. The average Bonchev–Trinajstić information content (AvgIpc) is 3.42. The number of Topliss-reactive ketones (excluding diaryl/α,β-unsaturated/α-hetero) is 2. The summed E-state index contributed by atoms with van der Waals surface area (Å²) in [7, 11) is 0. The van der Waals surface area contributed by atoms with Gasteiger partial charge in [-0.05, 0) is 44.0 Å². The lowest BCUT2D eigenvalue weighted by Crippen LogP contribution is -2.25. The van der Waals surface area contributed by atoms with E-state index in [0.717, 1.165) is 10.6 Å². The predicted molar refractivity (Wildman–Crippen MR) is 131 cm³/mol. The molecule has 0 unspecified atom stereocenters. The zero-order valence-corrected chi connectivity index (χ0v) is 19.9. The molecule has 0 aliphatic rings. The van der Waals surface area contributed by atoms with Crippen LogP contribution in [-0.4, -0.2) is 33.8 Å². The largest absolute Gasteiger partial charge is 0.382 e. The average molecular weight is 478 g/mol. The highest BCUT2D eigenvalue weighted by Crippen LogP contribution is 2.21. The standard InChI is InChI=1S/C25H27N5O3S/c1-17-9-13-23(34-17)22(32)12-10-19(31)11-14-24(33)28-15-5-8-21-20(16-26)25(27)30(29-21)18-6-3-2-4-7-18/h2-4,6-7,9,13H,5,8,10-12,14-15,27H2,1H3,(H,28,33). The summed E-state index contributed by atoms with van der Waals surface area (Å²) in [6.45, 7) is 2.33. The maximum absolute atomic E-state index is 12.1. The Kier molecular flexibility index (Phi) is 8.71. The first-order valence-electron chi connectivity index (χ1n) is 11.1. The summed E-state index contributed by atoms with van der Waals surface area (Å²) >= 11 is 1.42. The number of hydrogen-bond acceptors (Lipinski definition) is 7. The number of benzene rings is 1. The summed E-state index contributed by atoms with van der Waals surface area (Å²) in [6, 6.07) is 15.1. The molecule has 0 spiro atoms. The highest BCUT2D eigenvalue weighted by atomic mass is 32.1. The lowest BCUT2D eigenvalue weighted by atomic mass is 10.1. The number of nitrogens with two attached hydrogens (primary N) is 1. The maximum Gasteiger partial charge on any atom is 0.220 e. The minimum Gasteiger partial charge on any atom is -0.382 e. The van der Waals surface area contributed by atoms with E-state index in [-0.39, 0.29) is 43.2 Å². The Morgan fingerprint density at radius 2 is 1.82 bits per heavy atom. The molecule has 0 aliphatic heterocycles. The number of hydrogen-bond donors (Lipinski definition) is 2. The first kappa shape index (κ1) is 24.9. The van der Waals surface area contributed by atoms with Crippen LogP contribution in [0.3, 0.4) is 0 Å². The predicted octanol–water partition coefficient (Wildman–Crippen LogP) is 3.76. The molecule has 34 heavy (non-hydrogen) atoms. The molecule has 2 aromatic heterocycles. The van der Waals surface area contributed by atoms with Crippen LogP contribution in [0, 0.1) is 18.3 Å². The molecule has 0 saturated heterocycles. The summed E-state index contributed by atoms with van der Waals surface area (Å²) in [5.74, 6) is -0.0670. The number of nitrogen functional groups attached to an aromatic ring is 1. The summed E-state index contributed by atoms with van der Waals surface area (Å²) in [5, 5.41) is 16.7. The lowest BCUT2D eigenvalue weighted by Gasteiger charge is -2.05. The van der Waals surface area contributed by atoms with Crippen molar-refractivity contribution < 1.29 is 14.4 Å². The normalized spacial score (nSPS) is 10.6. The quantitative estimate of drug-likeness (QED) is 0.302. The van der Waals surface area contributed by atoms with Gasteiger partial charge in [-0.2, -0.15) is 10.4 Å². The summed E-state index contributed by atoms with van der Waals surface area (Å²) < 4.78 is 1.54. The van der Waals surface area contributed by atoms with Gasteiger partial charge in [0.2, 0.25) is 5.91 Å². The maximum atomic E-state index is 12.1. The number of aryl methyl sites for hydroxylation is 2. The van der Waals surface area contributed by atoms with Crippen molar-refractivity contribution in [1.82, 2.24) is 15.1 Å². The monoisotopic (exact) mass is 477 g/mol. The second-order valence-corrected chi connectivity index (χ2v) is 9.18. The Bertz CT molecular complexity index is 1210. The van der Waals surface area contributed by atoms with Crippen molar-refractivity contribution in [2.75, 3.05) is 12.3 Å². The first-order valence-corrected chi connectivity index (χ1v) is 11.9. The van der Waals surface area contributed by atoms with Gasteiger partial charge in [-0.15, -0.1) is 11.3 Å². The molecule has 0 atom stereocenters. The van der Waals surface area contributed by atoms with Crippen molar-refractivity contribution in [2.24, 2.45) is 0 Å². The molecule has 3 N–H and O–H groups in total. The van der Waals surface area contributed by atoms with E-state index in [9.17, 15) is 19.6 Å². The highest BCUT2D eigenvalue weighted by molar-refractivity contribution is 7.14. The third kappa shape index (κ3) is 6.62. The number of amides is 1. The number of para-hydroxylation sites is 1. The van der Waals surface area contributed by atoms with Crippen LogP contribution in [0.5, 0.6) is 0 Å². The Balaban J connectivity index is 1.38. The van der Waals surface area contributed by atoms with Gasteiger partial charge in [0, 0.05) is 37.1 Å². The van der Waals surface area contributed by atoms with Gasteiger partial charge in [-0.25, -0.2) is 4.68 Å². The topological polar surface area (TPSA) is 131 Å². The Morgan fingerprint density at radius 3 is 2.50 bits per heavy atom. The number of carbonyl (C=O) groups is 3. The smallest absolute Gasteiger partial charge is 0.220 e. The lowest BCUT2D eigenvalue weighted by molar-refractivity contribution is -0.125. The number of ketones is 2. The van der Waals surface area contributed by atoms with Crippen LogP contribution < -0.4 is 11.1 Å². The van der Waals surface area contributed by atoms with Crippen LogP contribution in [0.4, 0.5) is 5.82 Å². The molecule has 0 saturated carbocycles. The Hall–Kier alpha value is -3.77. The van der Waals surface area contributed by atoms with E-state index in [1.807, 2.05) is 43.3 Å². The van der Waals surface area contributed by atoms with Gasteiger partial charge in [0.15, 0.2) is 5.78 Å². The Morgan fingerprint density at radius 1 is 1.09 bits per heavy atom. The number of aromatic nitrogens is 2. The van der Waals surface area contributed by atoms with Crippen LogP contribution >= 0.6 is 11.3 Å². The highest BCUT2D eigenvalue weighted by Gasteiger charge is 2.16. The van der Waals surface area contributed by atoms with Crippen molar-refractivity contribution in [1.29, 1.82) is 5.26 Å². The molecule has 3 rings (SSSR count). The fourth-order valence-electron chi connectivity index (χ4n) is 3.45. The summed E-state index contributed by atoms with van der Waals surface area (Å²) in [4.78, 5) is 37.9. The van der Waals surface area contributed by atoms with Crippen LogP contribution in [-0.2, 0) is 16.0 Å². The van der Waals surface area contributed by atoms with E-state index in [2.05, 4.69) is 16.5 Å². The molecule has 0 bridgehead atoms. The van der Waals surface area contributed by atoms with Gasteiger partial charge >= 0.3 is 0 Å². The number of carbonyl (C=O) groups excluding carboxylic acids is 3. The number of thiophene rings is 1. The second kappa shape index (κ2) is 11.9. The molecule has 1 aromatic carbocycles. The van der Waals surface area contributed by atoms with E-state index in [1.165, 1.54) is 11.3 Å². The number of rotatable bonds is 12. The fraction of sp³-hybridized carbons (Fsp3) is 0.320. The van der Waals surface area contributed by atoms with Crippen molar-refractivity contribution >= 4 is 34.6 Å². The van der Waals surface area contributed by atoms with Crippen molar-refractivity contribution in [3.8, 4) is 11.8 Å². The van der Waals surface area contributed by atoms with Crippen LogP contribution in [0.25, 0.3) is 5.69 Å². The van der Waals surface area contributed by atoms with Crippen molar-refractivity contribution in [3.05, 3.63) is 63.5 Å². The van der Waals surface area contributed by atoms with E-state index in [4.69, 9.17) is 5.73 Å². The molecule has 0 aliphatic carbocycles. The van der Waals surface area contributed by atoms with Gasteiger partial charge in [0.05, 0.1) is 16.3 Å². The van der Waals surface area contributed by atoms with E-state index >= 15 is 0 Å². The third-order valence-electron chi connectivity index (χ3n) is 5.30. The van der Waals surface area contributed by atoms with Gasteiger partial charge < -0.3 is 11.1 Å². The summed E-state index contributed by atoms with van der Waals surface area (Å²) in [5.41, 5.74) is 7.79. The van der Waals surface area contributed by atoms with Crippen molar-refractivity contribution in [3.63, 3.8) is 0 Å². The van der Waals surface area contributed by atoms with Crippen LogP contribution in [0.2, 0.25) is 0 Å². The van der Waals surface area contributed by atoms with E-state index < -0.39 is 0 Å². The molecule has 2 heterocycles.